The van der Waals surface area contributed by atoms with Crippen molar-refractivity contribution in [1.29, 1.82) is 5.26 Å². The number of para-hydroxylation sites is 4. The predicted octanol–water partition coefficient (Wildman–Crippen LogP) is 13.6. The van der Waals surface area contributed by atoms with Gasteiger partial charge in [-0.05, 0) is 66.2 Å². The molecule has 0 spiro atoms. The summed E-state index contributed by atoms with van der Waals surface area (Å²) in [5.74, 6) is 0.462. The molecule has 0 atom stereocenters. The van der Waals surface area contributed by atoms with Crippen LogP contribution in [0.1, 0.15) is 11.1 Å². The number of aromatic nitrogens is 3. The van der Waals surface area contributed by atoms with Crippen LogP contribution in [0.15, 0.2) is 161 Å². The molecule has 0 unspecified atom stereocenters. The fraction of sp³-hybridized carbons (Fsp3) is 0.0204. The van der Waals surface area contributed by atoms with Gasteiger partial charge in [-0.25, -0.2) is 4.98 Å². The van der Waals surface area contributed by atoms with Gasteiger partial charge in [-0.2, -0.15) is 18.4 Å². The van der Waals surface area contributed by atoms with E-state index in [1.165, 1.54) is 6.07 Å². The number of pyridine rings is 1. The van der Waals surface area contributed by atoms with Gasteiger partial charge in [0.15, 0.2) is 11.2 Å². The molecule has 5 aromatic heterocycles. The molecule has 0 amide bonds. The smallest absolute Gasteiger partial charge is 0.416 e. The van der Waals surface area contributed by atoms with Crippen LogP contribution in [0, 0.1) is 11.3 Å². The topological polar surface area (TPSA) is 72.8 Å². The Morgan fingerprint density at radius 2 is 1.05 bits per heavy atom. The van der Waals surface area contributed by atoms with Crippen LogP contribution in [-0.2, 0) is 6.18 Å². The van der Waals surface area contributed by atoms with Crippen LogP contribution in [0.5, 0.6) is 0 Å². The van der Waals surface area contributed by atoms with Gasteiger partial charge in [0.1, 0.15) is 17.0 Å². The van der Waals surface area contributed by atoms with E-state index in [4.69, 9.17) is 13.8 Å². The molecular formula is C49H25F3N4O2. The molecule has 274 valence electrons. The summed E-state index contributed by atoms with van der Waals surface area (Å²) in [7, 11) is 0. The fourth-order valence-electron chi connectivity index (χ4n) is 8.93. The molecule has 0 saturated carbocycles. The second-order valence-electron chi connectivity index (χ2n) is 14.5. The van der Waals surface area contributed by atoms with Crippen molar-refractivity contribution in [1.82, 2.24) is 14.1 Å². The Hall–Kier alpha value is -7.83. The summed E-state index contributed by atoms with van der Waals surface area (Å²) in [5, 5.41) is 17.6. The molecule has 6 nitrogen and oxygen atoms in total. The molecule has 0 bridgehead atoms. The van der Waals surface area contributed by atoms with E-state index < -0.39 is 11.7 Å². The standard InChI is InChI=1S/C49H25F3N4O2/c50-49(51,52)29-22-27(25-53)21-28(23-29)38-24-44(56-40-14-6-2-10-31(40)35-18-20-37-33-12-4-8-16-43(33)58-48(37)46(35)56)54-26-41(38)55-39-13-5-1-9-30(39)34-17-19-36-32-11-3-7-15-42(32)57-47(36)45(34)55/h1-24,26H. The Morgan fingerprint density at radius 1 is 0.534 bits per heavy atom. The van der Waals surface area contributed by atoms with Gasteiger partial charge in [-0.1, -0.05) is 84.9 Å². The number of rotatable bonds is 3. The summed E-state index contributed by atoms with van der Waals surface area (Å²) in [4.78, 5) is 5.16. The average molecular weight is 759 g/mol. The molecule has 9 heteroatoms. The van der Waals surface area contributed by atoms with Crippen LogP contribution < -0.4 is 0 Å². The fourth-order valence-corrected chi connectivity index (χ4v) is 8.93. The number of benzene rings is 7. The first-order chi connectivity index (χ1) is 28.4. The van der Waals surface area contributed by atoms with Crippen LogP contribution in [0.4, 0.5) is 13.2 Å². The highest BCUT2D eigenvalue weighted by molar-refractivity contribution is 6.23. The summed E-state index contributed by atoms with van der Waals surface area (Å²) in [6.07, 6.45) is -2.99. The Labute approximate surface area is 325 Å². The highest BCUT2D eigenvalue weighted by Gasteiger charge is 2.32. The molecule has 58 heavy (non-hydrogen) atoms. The van der Waals surface area contributed by atoms with Gasteiger partial charge >= 0.3 is 6.18 Å². The van der Waals surface area contributed by atoms with E-state index in [1.807, 2.05) is 118 Å². The molecule has 0 aliphatic rings. The van der Waals surface area contributed by atoms with E-state index in [9.17, 15) is 18.4 Å². The lowest BCUT2D eigenvalue weighted by atomic mass is 9.98. The van der Waals surface area contributed by atoms with Crippen molar-refractivity contribution in [2.45, 2.75) is 6.18 Å². The molecule has 0 aliphatic carbocycles. The second kappa shape index (κ2) is 11.6. The summed E-state index contributed by atoms with van der Waals surface area (Å²) in [6, 6.07) is 47.1. The SMILES string of the molecule is N#Cc1cc(-c2cc(-n3c4ccccc4c4ccc5c6ccccc6oc5c43)ncc2-n2c3ccccc3c3ccc4c5ccccc5oc4c32)cc(C(F)(F)F)c1. The molecular weight excluding hydrogens is 734 g/mol. The maximum atomic E-state index is 14.6. The summed E-state index contributed by atoms with van der Waals surface area (Å²) >= 11 is 0. The highest BCUT2D eigenvalue weighted by Crippen LogP contribution is 2.45. The van der Waals surface area contributed by atoms with Crippen molar-refractivity contribution in [3.05, 3.63) is 163 Å². The zero-order valence-corrected chi connectivity index (χ0v) is 30.2. The van der Waals surface area contributed by atoms with Crippen molar-refractivity contribution in [2.75, 3.05) is 0 Å². The largest absolute Gasteiger partial charge is 0.454 e. The van der Waals surface area contributed by atoms with Crippen LogP contribution in [0.3, 0.4) is 0 Å². The first kappa shape index (κ1) is 32.4. The first-order valence-corrected chi connectivity index (χ1v) is 18.7. The van der Waals surface area contributed by atoms with Gasteiger partial charge in [0.05, 0.1) is 51.1 Å². The van der Waals surface area contributed by atoms with Crippen molar-refractivity contribution < 1.29 is 22.0 Å². The lowest BCUT2D eigenvalue weighted by molar-refractivity contribution is -0.137. The Bertz CT molecular complexity index is 3760. The van der Waals surface area contributed by atoms with Gasteiger partial charge in [0.2, 0.25) is 0 Å². The Balaban J connectivity index is 1.24. The van der Waals surface area contributed by atoms with Crippen molar-refractivity contribution >= 4 is 87.5 Å². The lowest BCUT2D eigenvalue weighted by Gasteiger charge is -2.18. The van der Waals surface area contributed by atoms with Crippen LogP contribution in [-0.4, -0.2) is 14.1 Å². The van der Waals surface area contributed by atoms with E-state index in [1.54, 1.807) is 6.20 Å². The van der Waals surface area contributed by atoms with Crippen molar-refractivity contribution in [2.24, 2.45) is 0 Å². The molecule has 0 N–H and O–H groups in total. The van der Waals surface area contributed by atoms with E-state index in [2.05, 4.69) is 24.3 Å². The molecule has 0 saturated heterocycles. The van der Waals surface area contributed by atoms with Gasteiger partial charge in [0, 0.05) is 48.7 Å². The van der Waals surface area contributed by atoms with E-state index in [-0.39, 0.29) is 11.1 Å². The second-order valence-corrected chi connectivity index (χ2v) is 14.5. The van der Waals surface area contributed by atoms with Gasteiger partial charge in [-0.15, -0.1) is 0 Å². The Morgan fingerprint density at radius 3 is 1.64 bits per heavy atom. The number of nitrogens with zero attached hydrogens (tertiary/aromatic N) is 4. The monoisotopic (exact) mass is 758 g/mol. The van der Waals surface area contributed by atoms with Crippen LogP contribution in [0.2, 0.25) is 0 Å². The Kier molecular flexibility index (Phi) is 6.48. The van der Waals surface area contributed by atoms with Crippen molar-refractivity contribution in [3.63, 3.8) is 0 Å². The third-order valence-electron chi connectivity index (χ3n) is 11.4. The number of alkyl halides is 3. The number of halogens is 3. The quantitative estimate of drug-likeness (QED) is 0.180. The number of hydrogen-bond donors (Lipinski definition) is 0. The number of fused-ring (bicyclic) bond motifs is 14. The molecule has 7 aromatic carbocycles. The number of nitriles is 1. The predicted molar refractivity (Wildman–Crippen MR) is 223 cm³/mol. The van der Waals surface area contributed by atoms with Crippen molar-refractivity contribution in [3.8, 4) is 28.7 Å². The van der Waals surface area contributed by atoms with E-state index in [0.29, 0.717) is 28.2 Å². The maximum absolute atomic E-state index is 14.6. The summed E-state index contributed by atoms with van der Waals surface area (Å²) < 4.78 is 61.0. The lowest BCUT2D eigenvalue weighted by Crippen LogP contribution is -2.07. The normalized spacial score (nSPS) is 12.4. The average Bonchev–Trinajstić information content (AvgIpc) is 4.01. The molecule has 12 aromatic rings. The minimum Gasteiger partial charge on any atom is -0.454 e. The molecule has 0 radical (unpaired) electrons. The van der Waals surface area contributed by atoms with Gasteiger partial charge in [0.25, 0.3) is 0 Å². The highest BCUT2D eigenvalue weighted by atomic mass is 19.4. The van der Waals surface area contributed by atoms with E-state index in [0.717, 1.165) is 88.5 Å². The minimum atomic E-state index is -4.70. The number of furan rings is 2. The van der Waals surface area contributed by atoms with Gasteiger partial charge < -0.3 is 13.4 Å². The van der Waals surface area contributed by atoms with E-state index >= 15 is 0 Å². The van der Waals surface area contributed by atoms with Crippen LogP contribution in [0.25, 0.3) is 110 Å². The van der Waals surface area contributed by atoms with Crippen LogP contribution >= 0.6 is 0 Å². The third-order valence-corrected chi connectivity index (χ3v) is 11.4. The molecule has 0 fully saturated rings. The zero-order chi connectivity index (χ0) is 38.9. The third kappa shape index (κ3) is 4.45. The molecule has 12 rings (SSSR count). The number of hydrogen-bond acceptors (Lipinski definition) is 4. The molecule has 5 heterocycles. The summed E-state index contributed by atoms with van der Waals surface area (Å²) in [6.45, 7) is 0. The zero-order valence-electron chi connectivity index (χ0n) is 30.2. The first-order valence-electron chi connectivity index (χ1n) is 18.7. The minimum absolute atomic E-state index is 0.114. The van der Waals surface area contributed by atoms with Gasteiger partial charge in [-0.3, -0.25) is 4.57 Å². The maximum Gasteiger partial charge on any atom is 0.416 e. The summed E-state index contributed by atoms with van der Waals surface area (Å²) in [5.41, 5.74) is 6.08. The molecule has 0 aliphatic heterocycles.